The van der Waals surface area contributed by atoms with E-state index < -0.39 is 0 Å². The van der Waals surface area contributed by atoms with Crippen LogP contribution in [0.1, 0.15) is 24.0 Å². The SMILES string of the molecule is Cc1cnn(-c2ccc(CNC3CC3)cc2)c1. The predicted molar refractivity (Wildman–Crippen MR) is 68.2 cm³/mol. The second-order valence-electron chi connectivity index (χ2n) is 4.78. The minimum absolute atomic E-state index is 0.767. The zero-order valence-electron chi connectivity index (χ0n) is 10.1. The van der Waals surface area contributed by atoms with Crippen molar-refractivity contribution in [1.82, 2.24) is 15.1 Å². The topological polar surface area (TPSA) is 29.9 Å². The van der Waals surface area contributed by atoms with E-state index in [9.17, 15) is 0 Å². The summed E-state index contributed by atoms with van der Waals surface area (Å²) < 4.78 is 1.91. The molecule has 1 aromatic carbocycles. The van der Waals surface area contributed by atoms with Crippen LogP contribution in [0.5, 0.6) is 0 Å². The molecule has 0 atom stereocenters. The Bertz CT molecular complexity index is 494. The number of nitrogens with zero attached hydrogens (tertiary/aromatic N) is 2. The number of aromatic nitrogens is 2. The Morgan fingerprint density at radius 2 is 2.06 bits per heavy atom. The maximum atomic E-state index is 4.30. The lowest BCUT2D eigenvalue weighted by atomic mass is 10.2. The van der Waals surface area contributed by atoms with Crippen molar-refractivity contribution in [3.05, 3.63) is 47.8 Å². The molecule has 1 aliphatic carbocycles. The van der Waals surface area contributed by atoms with Gasteiger partial charge in [-0.15, -0.1) is 0 Å². The average Bonchev–Trinajstić information content (AvgIpc) is 3.09. The lowest BCUT2D eigenvalue weighted by Gasteiger charge is -2.05. The highest BCUT2D eigenvalue weighted by Gasteiger charge is 2.19. The van der Waals surface area contributed by atoms with Gasteiger partial charge in [-0.05, 0) is 43.0 Å². The molecule has 3 nitrogen and oxygen atoms in total. The lowest BCUT2D eigenvalue weighted by molar-refractivity contribution is 0.687. The highest BCUT2D eigenvalue weighted by molar-refractivity contribution is 5.34. The van der Waals surface area contributed by atoms with Crippen molar-refractivity contribution in [1.29, 1.82) is 0 Å². The van der Waals surface area contributed by atoms with Gasteiger partial charge in [0.2, 0.25) is 0 Å². The molecule has 2 aromatic rings. The van der Waals surface area contributed by atoms with Crippen molar-refractivity contribution in [3.8, 4) is 5.69 Å². The van der Waals surface area contributed by atoms with Crippen molar-refractivity contribution >= 4 is 0 Å². The van der Waals surface area contributed by atoms with E-state index in [1.54, 1.807) is 0 Å². The highest BCUT2D eigenvalue weighted by Crippen LogP contribution is 2.19. The molecule has 3 rings (SSSR count). The summed E-state index contributed by atoms with van der Waals surface area (Å²) in [5, 5.41) is 7.81. The third-order valence-corrected chi connectivity index (χ3v) is 3.08. The molecule has 0 unspecified atom stereocenters. The van der Waals surface area contributed by atoms with Gasteiger partial charge in [-0.1, -0.05) is 12.1 Å². The summed E-state index contributed by atoms with van der Waals surface area (Å²) in [7, 11) is 0. The van der Waals surface area contributed by atoms with Gasteiger partial charge in [-0.25, -0.2) is 4.68 Å². The Labute approximate surface area is 101 Å². The van der Waals surface area contributed by atoms with E-state index in [2.05, 4.69) is 41.6 Å². The van der Waals surface area contributed by atoms with Crippen LogP contribution in [0.4, 0.5) is 0 Å². The predicted octanol–water partition coefficient (Wildman–Crippen LogP) is 2.43. The van der Waals surface area contributed by atoms with E-state index in [1.165, 1.54) is 24.0 Å². The van der Waals surface area contributed by atoms with E-state index in [4.69, 9.17) is 0 Å². The fraction of sp³-hybridized carbons (Fsp3) is 0.357. The molecule has 1 N–H and O–H groups in total. The third kappa shape index (κ3) is 2.56. The van der Waals surface area contributed by atoms with Gasteiger partial charge in [0.25, 0.3) is 0 Å². The molecule has 0 bridgehead atoms. The molecule has 1 aromatic heterocycles. The van der Waals surface area contributed by atoms with E-state index >= 15 is 0 Å². The second-order valence-corrected chi connectivity index (χ2v) is 4.78. The smallest absolute Gasteiger partial charge is 0.0645 e. The Balaban J connectivity index is 1.70. The van der Waals surface area contributed by atoms with Crippen LogP contribution in [0.15, 0.2) is 36.7 Å². The highest BCUT2D eigenvalue weighted by atomic mass is 15.3. The Hall–Kier alpha value is -1.61. The van der Waals surface area contributed by atoms with E-state index in [-0.39, 0.29) is 0 Å². The van der Waals surface area contributed by atoms with Crippen LogP contribution in [-0.4, -0.2) is 15.8 Å². The van der Waals surface area contributed by atoms with Crippen LogP contribution in [0, 0.1) is 6.92 Å². The molecule has 1 heterocycles. The molecule has 1 aliphatic rings. The van der Waals surface area contributed by atoms with Gasteiger partial charge in [0.1, 0.15) is 0 Å². The number of nitrogens with one attached hydrogen (secondary N) is 1. The summed E-state index contributed by atoms with van der Waals surface area (Å²) >= 11 is 0. The molecule has 0 saturated heterocycles. The van der Waals surface area contributed by atoms with Crippen LogP contribution < -0.4 is 5.32 Å². The molecule has 1 fully saturated rings. The molecular weight excluding hydrogens is 210 g/mol. The maximum Gasteiger partial charge on any atom is 0.0645 e. The molecule has 0 aliphatic heterocycles. The van der Waals surface area contributed by atoms with Gasteiger partial charge in [-0.3, -0.25) is 0 Å². The fourth-order valence-electron chi connectivity index (χ4n) is 1.87. The van der Waals surface area contributed by atoms with Gasteiger partial charge in [-0.2, -0.15) is 5.10 Å². The second kappa shape index (κ2) is 4.34. The first-order valence-electron chi connectivity index (χ1n) is 6.15. The lowest BCUT2D eigenvalue weighted by Crippen LogP contribution is -2.15. The third-order valence-electron chi connectivity index (χ3n) is 3.08. The number of benzene rings is 1. The Kier molecular flexibility index (Phi) is 2.69. The molecule has 17 heavy (non-hydrogen) atoms. The van der Waals surface area contributed by atoms with Crippen LogP contribution >= 0.6 is 0 Å². The molecule has 0 spiro atoms. The van der Waals surface area contributed by atoms with E-state index in [0.29, 0.717) is 0 Å². The summed E-state index contributed by atoms with van der Waals surface area (Å²) in [6, 6.07) is 9.35. The van der Waals surface area contributed by atoms with Gasteiger partial charge >= 0.3 is 0 Å². The van der Waals surface area contributed by atoms with Gasteiger partial charge in [0, 0.05) is 18.8 Å². The molecule has 1 saturated carbocycles. The van der Waals surface area contributed by atoms with Crippen LogP contribution in [-0.2, 0) is 6.54 Å². The van der Waals surface area contributed by atoms with E-state index in [1.807, 2.05) is 17.1 Å². The zero-order valence-corrected chi connectivity index (χ0v) is 10.1. The number of rotatable bonds is 4. The summed E-state index contributed by atoms with van der Waals surface area (Å²) in [6.45, 7) is 3.03. The van der Waals surface area contributed by atoms with Crippen molar-refractivity contribution in [2.75, 3.05) is 0 Å². The van der Waals surface area contributed by atoms with Crippen molar-refractivity contribution in [2.45, 2.75) is 32.4 Å². The minimum atomic E-state index is 0.767. The molecular formula is C14H17N3. The largest absolute Gasteiger partial charge is 0.310 e. The quantitative estimate of drug-likeness (QED) is 0.869. The number of hydrogen-bond acceptors (Lipinski definition) is 2. The van der Waals surface area contributed by atoms with Crippen molar-refractivity contribution in [2.24, 2.45) is 0 Å². The van der Waals surface area contributed by atoms with Crippen molar-refractivity contribution in [3.63, 3.8) is 0 Å². The van der Waals surface area contributed by atoms with E-state index in [0.717, 1.165) is 18.3 Å². The maximum absolute atomic E-state index is 4.30. The summed E-state index contributed by atoms with van der Waals surface area (Å²) in [4.78, 5) is 0. The number of aryl methyl sites for hydroxylation is 1. The van der Waals surface area contributed by atoms with Crippen molar-refractivity contribution < 1.29 is 0 Å². The summed E-state index contributed by atoms with van der Waals surface area (Å²) in [5.74, 6) is 0. The first-order chi connectivity index (χ1) is 8.31. The Morgan fingerprint density at radius 1 is 1.29 bits per heavy atom. The Morgan fingerprint density at radius 3 is 2.65 bits per heavy atom. The first kappa shape index (κ1) is 10.5. The summed E-state index contributed by atoms with van der Waals surface area (Å²) in [6.07, 6.45) is 6.59. The zero-order chi connectivity index (χ0) is 11.7. The first-order valence-corrected chi connectivity index (χ1v) is 6.15. The molecule has 3 heteroatoms. The van der Waals surface area contributed by atoms with Crippen LogP contribution in [0.25, 0.3) is 5.69 Å². The van der Waals surface area contributed by atoms with Crippen LogP contribution in [0.3, 0.4) is 0 Å². The van der Waals surface area contributed by atoms with Gasteiger partial charge in [0.15, 0.2) is 0 Å². The molecule has 0 amide bonds. The normalized spacial score (nSPS) is 15.1. The monoisotopic (exact) mass is 227 g/mol. The van der Waals surface area contributed by atoms with Crippen LogP contribution in [0.2, 0.25) is 0 Å². The average molecular weight is 227 g/mol. The fourth-order valence-corrected chi connectivity index (χ4v) is 1.87. The molecule has 0 radical (unpaired) electrons. The van der Waals surface area contributed by atoms with Gasteiger partial charge in [0.05, 0.1) is 11.9 Å². The minimum Gasteiger partial charge on any atom is -0.310 e. The summed E-state index contributed by atoms with van der Waals surface area (Å²) in [5.41, 5.74) is 3.64. The number of hydrogen-bond donors (Lipinski definition) is 1. The molecule has 88 valence electrons. The van der Waals surface area contributed by atoms with Gasteiger partial charge < -0.3 is 5.32 Å². The standard InChI is InChI=1S/C14H17N3/c1-11-8-16-17(10-11)14-6-2-12(3-7-14)9-15-13-4-5-13/h2-3,6-8,10,13,15H,4-5,9H2,1H3.